The van der Waals surface area contributed by atoms with Gasteiger partial charge in [0.1, 0.15) is 35.5 Å². The quantitative estimate of drug-likeness (QED) is 0.368. The zero-order chi connectivity index (χ0) is 29.5. The normalized spacial score (nSPS) is 20.3. The van der Waals surface area contributed by atoms with Gasteiger partial charge in [-0.2, -0.15) is 19.6 Å². The molecule has 2 aliphatic heterocycles. The number of nitrogens with one attached hydrogen (secondary N) is 2. The maximum Gasteiger partial charge on any atom is 0.368 e. The highest BCUT2D eigenvalue weighted by Crippen LogP contribution is 2.39. The SMILES string of the molecule is Cn1nnn(-c2cc(Nc3ncc(C#N)c(N[C@@H]4C[C@@H]5CCCN5C(C)(C)C4)n3)c(F)cc2OCC(C)(C)O)c1=O. The number of tetrazole rings is 1. The van der Waals surface area contributed by atoms with Gasteiger partial charge in [0.2, 0.25) is 5.95 Å². The molecule has 2 aromatic heterocycles. The Balaban J connectivity index is 1.44. The molecule has 3 aromatic rings. The predicted octanol–water partition coefficient (Wildman–Crippen LogP) is 2.48. The third-order valence-electron chi connectivity index (χ3n) is 7.53. The molecule has 2 aliphatic rings. The predicted molar refractivity (Wildman–Crippen MR) is 149 cm³/mol. The Labute approximate surface area is 236 Å². The number of rotatable bonds is 8. The summed E-state index contributed by atoms with van der Waals surface area (Å²) in [5.74, 6) is -0.297. The molecule has 0 bridgehead atoms. The molecule has 0 unspecified atom stereocenters. The smallest absolute Gasteiger partial charge is 0.368 e. The van der Waals surface area contributed by atoms with Crippen LogP contribution in [0, 0.1) is 17.1 Å². The maximum atomic E-state index is 15.3. The molecule has 3 N–H and O–H groups in total. The van der Waals surface area contributed by atoms with Gasteiger partial charge in [0.05, 0.1) is 17.5 Å². The highest BCUT2D eigenvalue weighted by molar-refractivity contribution is 5.64. The van der Waals surface area contributed by atoms with Gasteiger partial charge in [-0.05, 0) is 76.4 Å². The van der Waals surface area contributed by atoms with E-state index in [0.29, 0.717) is 11.9 Å². The van der Waals surface area contributed by atoms with Gasteiger partial charge in [0.15, 0.2) is 5.82 Å². The van der Waals surface area contributed by atoms with Crippen molar-refractivity contribution in [3.63, 3.8) is 0 Å². The van der Waals surface area contributed by atoms with Gasteiger partial charge in [-0.1, -0.05) is 0 Å². The third-order valence-corrected chi connectivity index (χ3v) is 7.53. The standard InChI is InChI=1S/C27H35FN10O3/c1-26(2)12-17(9-18-7-6-8-37(18)26)31-23-16(13-29)14-30-24(33-23)32-20-11-21(38-25(39)36(5)34-35-38)22(10-19(20)28)41-15-27(3,4)40/h10-11,14,17-18,40H,6-9,12,15H2,1-5H3,(H2,30,31,32,33)/t17-,18+/m1/s1. The lowest BCUT2D eigenvalue weighted by Crippen LogP contribution is -2.55. The molecule has 5 rings (SSSR count). The Morgan fingerprint density at radius 1 is 1.32 bits per heavy atom. The second-order valence-electron chi connectivity index (χ2n) is 12.0. The Bertz CT molecular complexity index is 1540. The summed E-state index contributed by atoms with van der Waals surface area (Å²) in [6.07, 6.45) is 5.55. The molecule has 2 atom stereocenters. The zero-order valence-corrected chi connectivity index (χ0v) is 23.8. The van der Waals surface area contributed by atoms with E-state index in [4.69, 9.17) is 4.74 Å². The van der Waals surface area contributed by atoms with Crippen LogP contribution in [0.5, 0.6) is 5.75 Å². The lowest BCUT2D eigenvalue weighted by atomic mass is 9.84. The first-order chi connectivity index (χ1) is 19.3. The van der Waals surface area contributed by atoms with Crippen molar-refractivity contribution < 1.29 is 14.2 Å². The summed E-state index contributed by atoms with van der Waals surface area (Å²) in [4.78, 5) is 23.9. The zero-order valence-electron chi connectivity index (χ0n) is 23.8. The molecule has 41 heavy (non-hydrogen) atoms. The fourth-order valence-electron chi connectivity index (χ4n) is 5.71. The van der Waals surface area contributed by atoms with Crippen LogP contribution in [0.3, 0.4) is 0 Å². The highest BCUT2D eigenvalue weighted by atomic mass is 19.1. The van der Waals surface area contributed by atoms with Gasteiger partial charge in [-0.3, -0.25) is 4.90 Å². The van der Waals surface area contributed by atoms with Crippen LogP contribution < -0.4 is 21.1 Å². The minimum atomic E-state index is -1.21. The Hall–Kier alpha value is -4.09. The van der Waals surface area contributed by atoms with Crippen LogP contribution in [0.25, 0.3) is 5.69 Å². The second kappa shape index (κ2) is 10.7. The monoisotopic (exact) mass is 566 g/mol. The molecule has 0 spiro atoms. The summed E-state index contributed by atoms with van der Waals surface area (Å²) in [6, 6.07) is 5.15. The molecule has 218 valence electrons. The molecule has 14 heteroatoms. The number of halogens is 1. The summed E-state index contributed by atoms with van der Waals surface area (Å²) >= 11 is 0. The fourth-order valence-corrected chi connectivity index (χ4v) is 5.71. The number of benzene rings is 1. The van der Waals surface area contributed by atoms with E-state index in [1.165, 1.54) is 25.7 Å². The first-order valence-corrected chi connectivity index (χ1v) is 13.6. The molecule has 2 saturated heterocycles. The van der Waals surface area contributed by atoms with Crippen molar-refractivity contribution in [2.24, 2.45) is 7.05 Å². The average molecular weight is 567 g/mol. The van der Waals surface area contributed by atoms with Crippen LogP contribution in [0.15, 0.2) is 23.1 Å². The summed E-state index contributed by atoms with van der Waals surface area (Å²) in [6.45, 7) is 8.51. The number of fused-ring (bicyclic) bond motifs is 1. The number of aromatic nitrogens is 6. The van der Waals surface area contributed by atoms with Crippen LogP contribution in [-0.2, 0) is 7.05 Å². The second-order valence-corrected chi connectivity index (χ2v) is 12.0. The van der Waals surface area contributed by atoms with E-state index in [1.807, 2.05) is 0 Å². The fraction of sp³-hybridized carbons (Fsp3) is 0.556. The van der Waals surface area contributed by atoms with Crippen molar-refractivity contribution in [1.82, 2.24) is 34.7 Å². The molecular formula is C27H35FN10O3. The van der Waals surface area contributed by atoms with Gasteiger partial charge < -0.3 is 20.5 Å². The highest BCUT2D eigenvalue weighted by Gasteiger charge is 2.43. The molecule has 0 saturated carbocycles. The van der Waals surface area contributed by atoms with E-state index in [0.717, 1.165) is 41.2 Å². The number of anilines is 3. The Kier molecular flexibility index (Phi) is 7.43. The molecular weight excluding hydrogens is 531 g/mol. The third kappa shape index (κ3) is 6.01. The average Bonchev–Trinajstić information content (AvgIpc) is 3.51. The van der Waals surface area contributed by atoms with E-state index in [9.17, 15) is 15.2 Å². The number of nitriles is 1. The lowest BCUT2D eigenvalue weighted by molar-refractivity contribution is 0.0283. The number of ether oxygens (including phenoxy) is 1. The Morgan fingerprint density at radius 3 is 2.78 bits per heavy atom. The van der Waals surface area contributed by atoms with E-state index < -0.39 is 17.1 Å². The van der Waals surface area contributed by atoms with Crippen molar-refractivity contribution >= 4 is 17.5 Å². The van der Waals surface area contributed by atoms with Gasteiger partial charge in [0, 0.05) is 30.7 Å². The molecule has 4 heterocycles. The number of hydrogen-bond donors (Lipinski definition) is 3. The minimum Gasteiger partial charge on any atom is -0.488 e. The number of nitrogens with zero attached hydrogens (tertiary/aromatic N) is 8. The Morgan fingerprint density at radius 2 is 2.10 bits per heavy atom. The van der Waals surface area contributed by atoms with Gasteiger partial charge >= 0.3 is 5.69 Å². The van der Waals surface area contributed by atoms with Crippen molar-refractivity contribution in [3.8, 4) is 17.5 Å². The number of aliphatic hydroxyl groups is 1. The van der Waals surface area contributed by atoms with E-state index >= 15 is 4.39 Å². The maximum absolute atomic E-state index is 15.3. The first-order valence-electron chi connectivity index (χ1n) is 13.6. The summed E-state index contributed by atoms with van der Waals surface area (Å²) in [5.41, 5.74) is -1.43. The van der Waals surface area contributed by atoms with Gasteiger partial charge in [-0.25, -0.2) is 14.2 Å². The van der Waals surface area contributed by atoms with Crippen molar-refractivity contribution in [3.05, 3.63) is 40.2 Å². The van der Waals surface area contributed by atoms with Crippen LogP contribution in [0.4, 0.5) is 21.8 Å². The summed E-state index contributed by atoms with van der Waals surface area (Å²) in [7, 11) is 1.43. The first kappa shape index (κ1) is 28.4. The molecule has 0 amide bonds. The van der Waals surface area contributed by atoms with E-state index in [-0.39, 0.29) is 46.8 Å². The number of piperidine rings is 1. The van der Waals surface area contributed by atoms with Crippen LogP contribution in [0.2, 0.25) is 0 Å². The lowest BCUT2D eigenvalue weighted by Gasteiger charge is -2.47. The largest absolute Gasteiger partial charge is 0.488 e. The molecule has 0 radical (unpaired) electrons. The van der Waals surface area contributed by atoms with Crippen LogP contribution in [-0.4, -0.2) is 76.1 Å². The summed E-state index contributed by atoms with van der Waals surface area (Å²) in [5, 5.41) is 33.7. The van der Waals surface area contributed by atoms with Gasteiger partial charge in [-0.15, -0.1) is 0 Å². The van der Waals surface area contributed by atoms with E-state index in [2.05, 4.69) is 55.8 Å². The summed E-state index contributed by atoms with van der Waals surface area (Å²) < 4.78 is 23.0. The molecule has 13 nitrogen and oxygen atoms in total. The molecule has 2 fully saturated rings. The topological polar surface area (TPSA) is 159 Å². The van der Waals surface area contributed by atoms with Crippen molar-refractivity contribution in [1.29, 1.82) is 5.26 Å². The minimum absolute atomic E-state index is 0.0123. The van der Waals surface area contributed by atoms with Crippen molar-refractivity contribution in [2.45, 2.75) is 76.6 Å². The van der Waals surface area contributed by atoms with Crippen LogP contribution in [0.1, 0.15) is 58.9 Å². The van der Waals surface area contributed by atoms with Crippen molar-refractivity contribution in [2.75, 3.05) is 23.8 Å². The van der Waals surface area contributed by atoms with E-state index in [1.54, 1.807) is 13.8 Å². The number of aryl methyl sites for hydroxylation is 1. The van der Waals surface area contributed by atoms with Gasteiger partial charge in [0.25, 0.3) is 0 Å². The number of hydrogen-bond acceptors (Lipinski definition) is 11. The molecule has 1 aromatic carbocycles. The molecule has 0 aliphatic carbocycles. The van der Waals surface area contributed by atoms with Crippen LogP contribution >= 0.6 is 0 Å².